The molecule has 0 aliphatic carbocycles. The topological polar surface area (TPSA) is 50.8 Å². The largest absolute Gasteiger partial charge is 0.573 e. The van der Waals surface area contributed by atoms with E-state index in [2.05, 4.69) is 19.9 Å². The van der Waals surface area contributed by atoms with Gasteiger partial charge in [0.05, 0.1) is 0 Å². The number of hydrogen-bond donors (Lipinski definition) is 1. The minimum Gasteiger partial charge on any atom is -0.406 e. The van der Waals surface area contributed by atoms with Gasteiger partial charge in [-0.15, -0.1) is 13.2 Å². The third kappa shape index (κ3) is 3.47. The molecule has 4 nitrogen and oxygen atoms in total. The lowest BCUT2D eigenvalue weighted by molar-refractivity contribution is -0.274. The summed E-state index contributed by atoms with van der Waals surface area (Å²) in [6.07, 6.45) is -3.44. The molecule has 0 spiro atoms. The molecule has 1 heterocycles. The van der Waals surface area contributed by atoms with Gasteiger partial charge in [-0.2, -0.15) is 5.10 Å². The number of rotatable bonds is 3. The first-order valence-corrected chi connectivity index (χ1v) is 6.44. The normalized spacial score (nSPS) is 11.5. The zero-order chi connectivity index (χ0) is 16.4. The Morgan fingerprint density at radius 1 is 0.957 bits per heavy atom. The van der Waals surface area contributed by atoms with Crippen LogP contribution in [0.4, 0.5) is 17.6 Å². The van der Waals surface area contributed by atoms with Gasteiger partial charge in [0.25, 0.3) is 0 Å². The highest BCUT2D eigenvalue weighted by Crippen LogP contribution is 2.30. The van der Waals surface area contributed by atoms with Crippen LogP contribution in [-0.4, -0.2) is 21.5 Å². The van der Waals surface area contributed by atoms with Crippen LogP contribution in [0.2, 0.25) is 0 Å². The number of alkyl halides is 3. The number of aromatic nitrogens is 3. The molecule has 1 N–H and O–H groups in total. The van der Waals surface area contributed by atoms with E-state index < -0.39 is 12.2 Å². The Hall–Kier alpha value is -2.90. The Labute approximate surface area is 127 Å². The summed E-state index contributed by atoms with van der Waals surface area (Å²) in [4.78, 5) is 3.97. The predicted molar refractivity (Wildman–Crippen MR) is 73.9 cm³/mol. The number of aromatic amines is 1. The van der Waals surface area contributed by atoms with Crippen LogP contribution in [0, 0.1) is 5.82 Å². The van der Waals surface area contributed by atoms with Crippen molar-refractivity contribution in [3.63, 3.8) is 0 Å². The number of nitrogens with one attached hydrogen (secondary N) is 1. The molecule has 0 aliphatic heterocycles. The third-order valence-corrected chi connectivity index (χ3v) is 3.05. The smallest absolute Gasteiger partial charge is 0.406 e. The maximum absolute atomic E-state index is 14.0. The molecule has 8 heteroatoms. The molecule has 2 aromatic carbocycles. The highest BCUT2D eigenvalue weighted by atomic mass is 19.4. The zero-order valence-corrected chi connectivity index (χ0v) is 11.4. The Kier molecular flexibility index (Phi) is 3.73. The molecule has 0 saturated heterocycles. The second kappa shape index (κ2) is 5.71. The lowest BCUT2D eigenvalue weighted by atomic mass is 10.0. The molecular formula is C15H9F4N3O. The quantitative estimate of drug-likeness (QED) is 0.736. The van der Waals surface area contributed by atoms with Gasteiger partial charge in [-0.25, -0.2) is 9.37 Å². The monoisotopic (exact) mass is 323 g/mol. The van der Waals surface area contributed by atoms with E-state index in [1.807, 2.05) is 0 Å². The Bertz CT molecular complexity index is 799. The van der Waals surface area contributed by atoms with E-state index in [9.17, 15) is 17.6 Å². The van der Waals surface area contributed by atoms with Crippen LogP contribution in [0.1, 0.15) is 0 Å². The molecular weight excluding hydrogens is 314 g/mol. The van der Waals surface area contributed by atoms with E-state index in [-0.39, 0.29) is 11.3 Å². The highest BCUT2D eigenvalue weighted by molar-refractivity contribution is 5.71. The number of H-pyrrole nitrogens is 1. The van der Waals surface area contributed by atoms with E-state index in [1.165, 1.54) is 36.7 Å². The average molecular weight is 323 g/mol. The van der Waals surface area contributed by atoms with E-state index in [0.29, 0.717) is 17.0 Å². The van der Waals surface area contributed by atoms with Crippen molar-refractivity contribution >= 4 is 0 Å². The fourth-order valence-corrected chi connectivity index (χ4v) is 2.07. The molecule has 0 saturated carbocycles. The van der Waals surface area contributed by atoms with Crippen LogP contribution < -0.4 is 4.74 Å². The number of halogens is 4. The van der Waals surface area contributed by atoms with Crippen molar-refractivity contribution in [1.29, 1.82) is 0 Å². The molecule has 3 aromatic rings. The molecule has 3 rings (SSSR count). The summed E-state index contributed by atoms with van der Waals surface area (Å²) in [5.74, 6) is -0.408. The summed E-state index contributed by atoms with van der Waals surface area (Å²) in [6.45, 7) is 0. The van der Waals surface area contributed by atoms with Crippen LogP contribution in [-0.2, 0) is 0 Å². The van der Waals surface area contributed by atoms with Crippen LogP contribution in [0.3, 0.4) is 0 Å². The van der Waals surface area contributed by atoms with Crippen molar-refractivity contribution in [3.8, 4) is 28.3 Å². The first-order chi connectivity index (χ1) is 10.9. The van der Waals surface area contributed by atoms with Crippen molar-refractivity contribution < 1.29 is 22.3 Å². The standard InChI is InChI=1S/C15H9F4N3O/c16-13-6-3-10(14-20-8-21-22-14)7-12(13)9-1-4-11(5-2-9)23-15(17,18)19/h1-8H,(H,20,21,22). The molecule has 0 atom stereocenters. The minimum atomic E-state index is -4.76. The maximum Gasteiger partial charge on any atom is 0.573 e. The van der Waals surface area contributed by atoms with Crippen LogP contribution >= 0.6 is 0 Å². The lowest BCUT2D eigenvalue weighted by Gasteiger charge is -2.10. The molecule has 0 radical (unpaired) electrons. The van der Waals surface area contributed by atoms with Gasteiger partial charge in [0, 0.05) is 11.1 Å². The van der Waals surface area contributed by atoms with Gasteiger partial charge < -0.3 is 4.74 Å². The maximum atomic E-state index is 14.0. The van der Waals surface area contributed by atoms with Crippen molar-refractivity contribution in [2.45, 2.75) is 6.36 Å². The lowest BCUT2D eigenvalue weighted by Crippen LogP contribution is -2.16. The molecule has 0 amide bonds. The van der Waals surface area contributed by atoms with Gasteiger partial charge in [0.2, 0.25) is 0 Å². The average Bonchev–Trinajstić information content (AvgIpc) is 3.01. The second-order valence-electron chi connectivity index (χ2n) is 4.60. The van der Waals surface area contributed by atoms with Gasteiger partial charge in [-0.3, -0.25) is 5.10 Å². The van der Waals surface area contributed by atoms with Crippen molar-refractivity contribution in [2.24, 2.45) is 0 Å². The third-order valence-electron chi connectivity index (χ3n) is 3.05. The number of ether oxygens (including phenoxy) is 1. The number of nitrogens with zero attached hydrogens (tertiary/aromatic N) is 2. The molecule has 0 aliphatic rings. The summed E-state index contributed by atoms with van der Waals surface area (Å²) in [7, 11) is 0. The van der Waals surface area contributed by atoms with Gasteiger partial charge in [0.1, 0.15) is 17.9 Å². The fourth-order valence-electron chi connectivity index (χ4n) is 2.07. The zero-order valence-electron chi connectivity index (χ0n) is 11.4. The first kappa shape index (κ1) is 15.0. The summed E-state index contributed by atoms with van der Waals surface area (Å²) in [6, 6.07) is 9.28. The van der Waals surface area contributed by atoms with Gasteiger partial charge in [-0.1, -0.05) is 12.1 Å². The summed E-state index contributed by atoms with van der Waals surface area (Å²) >= 11 is 0. The van der Waals surface area contributed by atoms with Crippen molar-refractivity contribution in [3.05, 3.63) is 54.6 Å². The molecule has 0 unspecified atom stereocenters. The molecule has 1 aromatic heterocycles. The van der Waals surface area contributed by atoms with Crippen LogP contribution in [0.5, 0.6) is 5.75 Å². The van der Waals surface area contributed by atoms with E-state index in [4.69, 9.17) is 0 Å². The molecule has 0 bridgehead atoms. The summed E-state index contributed by atoms with van der Waals surface area (Å²) < 4.78 is 54.2. The molecule has 0 fully saturated rings. The van der Waals surface area contributed by atoms with E-state index in [0.717, 1.165) is 12.1 Å². The number of hydrogen-bond acceptors (Lipinski definition) is 3. The molecule has 23 heavy (non-hydrogen) atoms. The first-order valence-electron chi connectivity index (χ1n) is 6.44. The fraction of sp³-hybridized carbons (Fsp3) is 0.0667. The Morgan fingerprint density at radius 2 is 1.65 bits per heavy atom. The van der Waals surface area contributed by atoms with Crippen molar-refractivity contribution in [2.75, 3.05) is 0 Å². The van der Waals surface area contributed by atoms with E-state index >= 15 is 0 Å². The minimum absolute atomic E-state index is 0.234. The van der Waals surface area contributed by atoms with Gasteiger partial charge in [-0.05, 0) is 35.9 Å². The van der Waals surface area contributed by atoms with Gasteiger partial charge in [0.15, 0.2) is 5.82 Å². The summed E-state index contributed by atoms with van der Waals surface area (Å²) in [5, 5.41) is 6.37. The highest BCUT2D eigenvalue weighted by Gasteiger charge is 2.31. The van der Waals surface area contributed by atoms with Gasteiger partial charge >= 0.3 is 6.36 Å². The molecule has 118 valence electrons. The van der Waals surface area contributed by atoms with E-state index in [1.54, 1.807) is 0 Å². The summed E-state index contributed by atoms with van der Waals surface area (Å²) in [5.41, 5.74) is 1.25. The Balaban J connectivity index is 1.93. The number of benzene rings is 2. The van der Waals surface area contributed by atoms with Crippen molar-refractivity contribution in [1.82, 2.24) is 15.2 Å². The second-order valence-corrected chi connectivity index (χ2v) is 4.60. The Morgan fingerprint density at radius 3 is 2.26 bits per heavy atom. The van der Waals surface area contributed by atoms with Crippen LogP contribution in [0.15, 0.2) is 48.8 Å². The predicted octanol–water partition coefficient (Wildman–Crippen LogP) is 4.18. The van der Waals surface area contributed by atoms with Crippen LogP contribution in [0.25, 0.3) is 22.5 Å². The SMILES string of the molecule is Fc1ccc(-c2ncn[nH]2)cc1-c1ccc(OC(F)(F)F)cc1.